The van der Waals surface area contributed by atoms with E-state index < -0.39 is 20.6 Å². The normalized spacial score (nSPS) is 15.2. The Balaban J connectivity index is 0.00000199. The zero-order chi connectivity index (χ0) is 25.2. The predicted octanol–water partition coefficient (Wildman–Crippen LogP) is 2.32. The molecular weight excluding hydrogens is 460 g/mol. The minimum absolute atomic E-state index is 0.0163. The standard InChI is InChI=1S/C24H27NO6S.H3NO/c1-3-4-17-31-21-9-11-22(12-10-21)32(28,29)24(23(26)27)13-15-25(16-14-24)18-19-5-7-20(30-2)8-6-19;1-2/h5-12H,13-18H2,1-2H3,(H,26,27);2H,1H2. The van der Waals surface area contributed by atoms with Gasteiger partial charge in [0, 0.05) is 19.6 Å². The van der Waals surface area contributed by atoms with Gasteiger partial charge in [0.05, 0.1) is 12.0 Å². The van der Waals surface area contributed by atoms with Crippen LogP contribution in [0.4, 0.5) is 0 Å². The Kier molecular flexibility index (Phi) is 9.89. The summed E-state index contributed by atoms with van der Waals surface area (Å²) in [4.78, 5) is 14.3. The van der Waals surface area contributed by atoms with Crippen LogP contribution < -0.4 is 15.4 Å². The van der Waals surface area contributed by atoms with Gasteiger partial charge in [0.15, 0.2) is 14.6 Å². The maximum Gasteiger partial charge on any atom is 0.325 e. The number of rotatable bonds is 8. The fourth-order valence-corrected chi connectivity index (χ4v) is 5.69. The van der Waals surface area contributed by atoms with Crippen LogP contribution in [0.3, 0.4) is 0 Å². The van der Waals surface area contributed by atoms with Crippen molar-refractivity contribution in [2.75, 3.05) is 26.8 Å². The molecule has 0 saturated carbocycles. The third-order valence-electron chi connectivity index (χ3n) is 5.75. The van der Waals surface area contributed by atoms with Crippen molar-refractivity contribution < 1.29 is 33.0 Å². The molecule has 2 aromatic rings. The summed E-state index contributed by atoms with van der Waals surface area (Å²) in [6, 6.07) is 13.5. The van der Waals surface area contributed by atoms with Crippen molar-refractivity contribution in [1.29, 1.82) is 0 Å². The third-order valence-corrected chi connectivity index (χ3v) is 8.26. The van der Waals surface area contributed by atoms with Crippen LogP contribution in [0, 0.1) is 11.8 Å². The van der Waals surface area contributed by atoms with Gasteiger partial charge >= 0.3 is 5.97 Å². The van der Waals surface area contributed by atoms with Gasteiger partial charge in [0.25, 0.3) is 0 Å². The van der Waals surface area contributed by atoms with Crippen molar-refractivity contribution >= 4 is 15.8 Å². The highest BCUT2D eigenvalue weighted by atomic mass is 32.2. The Labute approximate surface area is 200 Å². The van der Waals surface area contributed by atoms with E-state index in [0.29, 0.717) is 25.4 Å². The van der Waals surface area contributed by atoms with Gasteiger partial charge in [-0.2, -0.15) is 0 Å². The topological polar surface area (TPSA) is 139 Å². The van der Waals surface area contributed by atoms with E-state index in [1.807, 2.05) is 24.3 Å². The fraction of sp³-hybridized carbons (Fsp3) is 0.375. The first-order valence-corrected chi connectivity index (χ1v) is 12.0. The smallest absolute Gasteiger partial charge is 0.325 e. The van der Waals surface area contributed by atoms with Gasteiger partial charge in [0.1, 0.15) is 18.1 Å². The number of hydrogen-bond donors (Lipinski definition) is 3. The molecule has 1 saturated heterocycles. The van der Waals surface area contributed by atoms with Crippen LogP contribution in [-0.4, -0.2) is 61.2 Å². The maximum atomic E-state index is 13.4. The Hall–Kier alpha value is -3.10. The number of carboxylic acids is 1. The molecule has 1 fully saturated rings. The van der Waals surface area contributed by atoms with Crippen molar-refractivity contribution in [1.82, 2.24) is 4.90 Å². The number of nitrogens with zero attached hydrogens (tertiary/aromatic N) is 1. The molecule has 0 unspecified atom stereocenters. The van der Waals surface area contributed by atoms with E-state index in [-0.39, 0.29) is 24.3 Å². The molecule has 34 heavy (non-hydrogen) atoms. The van der Waals surface area contributed by atoms with Crippen molar-refractivity contribution in [3.05, 3.63) is 54.1 Å². The summed E-state index contributed by atoms with van der Waals surface area (Å²) in [6.07, 6.45) is 0.0380. The maximum absolute atomic E-state index is 13.4. The van der Waals surface area contributed by atoms with E-state index in [2.05, 4.69) is 22.6 Å². The van der Waals surface area contributed by atoms with Crippen molar-refractivity contribution in [2.24, 2.45) is 5.90 Å². The van der Waals surface area contributed by atoms with Crippen LogP contribution >= 0.6 is 0 Å². The molecule has 0 amide bonds. The number of sulfone groups is 1. The molecule has 10 heteroatoms. The van der Waals surface area contributed by atoms with Gasteiger partial charge in [-0.3, -0.25) is 9.69 Å². The molecule has 0 bridgehead atoms. The van der Waals surface area contributed by atoms with Crippen LogP contribution in [0.2, 0.25) is 0 Å². The largest absolute Gasteiger partial charge is 0.497 e. The van der Waals surface area contributed by atoms with E-state index in [1.165, 1.54) is 24.3 Å². The second-order valence-electron chi connectivity index (χ2n) is 7.61. The molecule has 0 spiro atoms. The summed E-state index contributed by atoms with van der Waals surface area (Å²) in [5, 5.41) is 16.5. The van der Waals surface area contributed by atoms with Gasteiger partial charge < -0.3 is 19.8 Å². The lowest BCUT2D eigenvalue weighted by atomic mass is 9.95. The highest BCUT2D eigenvalue weighted by Gasteiger charge is 2.53. The monoisotopic (exact) mass is 490 g/mol. The summed E-state index contributed by atoms with van der Waals surface area (Å²) in [5.74, 6) is 8.91. The van der Waals surface area contributed by atoms with E-state index >= 15 is 0 Å². The van der Waals surface area contributed by atoms with Crippen LogP contribution in [0.25, 0.3) is 0 Å². The van der Waals surface area contributed by atoms with Crippen LogP contribution in [0.15, 0.2) is 53.4 Å². The summed E-state index contributed by atoms with van der Waals surface area (Å²) in [7, 11) is -2.49. The van der Waals surface area contributed by atoms with Crippen molar-refractivity contribution in [3.63, 3.8) is 0 Å². The average Bonchev–Trinajstić information content (AvgIpc) is 2.86. The number of likely N-dealkylation sites (tertiary alicyclic amines) is 1. The number of nitrogens with two attached hydrogens (primary N) is 1. The average molecular weight is 491 g/mol. The molecule has 9 nitrogen and oxygen atoms in total. The van der Waals surface area contributed by atoms with E-state index in [9.17, 15) is 18.3 Å². The van der Waals surface area contributed by atoms with Gasteiger partial charge in [-0.15, -0.1) is 5.92 Å². The first-order chi connectivity index (χ1) is 16.3. The summed E-state index contributed by atoms with van der Waals surface area (Å²) < 4.78 is 35.5. The Morgan fingerprint density at radius 1 is 1.06 bits per heavy atom. The van der Waals surface area contributed by atoms with Crippen LogP contribution in [0.5, 0.6) is 11.5 Å². The number of hydrogen-bond acceptors (Lipinski definition) is 8. The third kappa shape index (κ3) is 6.07. The van der Waals surface area contributed by atoms with E-state index in [1.54, 1.807) is 14.0 Å². The van der Waals surface area contributed by atoms with E-state index in [0.717, 1.165) is 11.3 Å². The molecule has 0 aliphatic carbocycles. The van der Waals surface area contributed by atoms with E-state index in [4.69, 9.17) is 14.7 Å². The number of benzene rings is 2. The summed E-state index contributed by atoms with van der Waals surface area (Å²) in [5.41, 5.74) is 1.06. The van der Waals surface area contributed by atoms with Gasteiger partial charge in [-0.25, -0.2) is 14.3 Å². The van der Waals surface area contributed by atoms with Crippen molar-refractivity contribution in [2.45, 2.75) is 36.0 Å². The summed E-state index contributed by atoms with van der Waals surface area (Å²) >= 11 is 0. The lowest BCUT2D eigenvalue weighted by molar-refractivity contribution is -0.141. The zero-order valence-corrected chi connectivity index (χ0v) is 20.0. The quantitative estimate of drug-likeness (QED) is 0.376. The number of methoxy groups -OCH3 is 1. The second kappa shape index (κ2) is 12.4. The van der Waals surface area contributed by atoms with Gasteiger partial charge in [0.2, 0.25) is 0 Å². The number of aliphatic carboxylic acids is 1. The summed E-state index contributed by atoms with van der Waals surface area (Å²) in [6.45, 7) is 3.26. The lowest BCUT2D eigenvalue weighted by Crippen LogP contribution is -2.54. The predicted molar refractivity (Wildman–Crippen MR) is 126 cm³/mol. The lowest BCUT2D eigenvalue weighted by Gasteiger charge is -2.38. The Bertz CT molecular complexity index is 1100. The molecule has 2 aromatic carbocycles. The molecule has 0 atom stereocenters. The molecule has 1 aliphatic rings. The number of ether oxygens (including phenoxy) is 2. The fourth-order valence-electron chi connectivity index (χ4n) is 3.79. The molecular formula is C24H30N2O7S. The SMILES string of the molecule is CC#CCOc1ccc(S(=O)(=O)C2(C(=O)O)CCN(Cc3ccc(OC)cc3)CC2)cc1.NO. The minimum atomic E-state index is -4.10. The minimum Gasteiger partial charge on any atom is -0.497 e. The highest BCUT2D eigenvalue weighted by molar-refractivity contribution is 7.93. The first-order valence-electron chi connectivity index (χ1n) is 10.5. The van der Waals surface area contributed by atoms with Crippen molar-refractivity contribution in [3.8, 4) is 23.3 Å². The molecule has 3 rings (SSSR count). The van der Waals surface area contributed by atoms with Crippen LogP contribution in [-0.2, 0) is 21.2 Å². The highest BCUT2D eigenvalue weighted by Crippen LogP contribution is 2.37. The van der Waals surface area contributed by atoms with Gasteiger partial charge in [-0.1, -0.05) is 18.1 Å². The molecule has 0 aromatic heterocycles. The van der Waals surface area contributed by atoms with Gasteiger partial charge in [-0.05, 0) is 61.7 Å². The Morgan fingerprint density at radius 2 is 1.62 bits per heavy atom. The number of carbonyl (C=O) groups is 1. The Morgan fingerprint density at radius 3 is 2.12 bits per heavy atom. The number of piperidine rings is 1. The molecule has 4 N–H and O–H groups in total. The van der Waals surface area contributed by atoms with Crippen LogP contribution in [0.1, 0.15) is 25.3 Å². The zero-order valence-electron chi connectivity index (χ0n) is 19.2. The second-order valence-corrected chi connectivity index (χ2v) is 9.87. The molecule has 1 aliphatic heterocycles. The molecule has 184 valence electrons. The molecule has 0 radical (unpaired) electrons. The first kappa shape index (κ1) is 27.1. The number of carboxylic acid groups (broad SMARTS) is 1. The molecule has 1 heterocycles.